The predicted molar refractivity (Wildman–Crippen MR) is 94.4 cm³/mol. The Kier molecular flexibility index (Phi) is 7.32. The molecule has 6 nitrogen and oxygen atoms in total. The van der Waals surface area contributed by atoms with Crippen LogP contribution in [0, 0.1) is 11.8 Å². The smallest absolute Gasteiger partial charge is 0.305 e. The Morgan fingerprint density at radius 3 is 2.12 bits per heavy atom. The molecule has 0 amide bonds. The lowest BCUT2D eigenvalue weighted by molar-refractivity contribution is -0.147. The van der Waals surface area contributed by atoms with E-state index in [1.54, 1.807) is 0 Å². The van der Waals surface area contributed by atoms with Gasteiger partial charge >= 0.3 is 11.9 Å². The molecular formula is C20H32O6. The van der Waals surface area contributed by atoms with Gasteiger partial charge in [-0.3, -0.25) is 9.59 Å². The predicted octanol–water partition coefficient (Wildman–Crippen LogP) is 2.75. The van der Waals surface area contributed by atoms with E-state index < -0.39 is 0 Å². The lowest BCUT2D eigenvalue weighted by Gasteiger charge is -2.25. The van der Waals surface area contributed by atoms with Crippen LogP contribution < -0.4 is 0 Å². The molecule has 5 atom stereocenters. The van der Waals surface area contributed by atoms with Gasteiger partial charge in [-0.05, 0) is 63.2 Å². The first-order valence-corrected chi connectivity index (χ1v) is 10.2. The van der Waals surface area contributed by atoms with Crippen LogP contribution >= 0.6 is 0 Å². The van der Waals surface area contributed by atoms with Crippen molar-refractivity contribution in [3.63, 3.8) is 0 Å². The van der Waals surface area contributed by atoms with Gasteiger partial charge in [0.15, 0.2) is 0 Å². The number of rotatable bonds is 9. The van der Waals surface area contributed by atoms with Crippen molar-refractivity contribution in [3.05, 3.63) is 0 Å². The molecule has 3 fully saturated rings. The molecule has 6 heteroatoms. The van der Waals surface area contributed by atoms with Crippen molar-refractivity contribution in [2.75, 3.05) is 13.2 Å². The minimum absolute atomic E-state index is 0.173. The molecule has 3 aliphatic rings. The van der Waals surface area contributed by atoms with E-state index in [0.29, 0.717) is 57.0 Å². The van der Waals surface area contributed by atoms with Crippen molar-refractivity contribution in [2.45, 2.75) is 88.9 Å². The summed E-state index contributed by atoms with van der Waals surface area (Å²) in [6, 6.07) is 0. The van der Waals surface area contributed by atoms with Gasteiger partial charge in [0, 0.05) is 12.8 Å². The molecule has 1 saturated heterocycles. The number of aliphatic hydroxyl groups excluding tert-OH is 1. The normalized spacial score (nSPS) is 33.2. The molecule has 26 heavy (non-hydrogen) atoms. The fraction of sp³-hybridized carbons (Fsp3) is 0.900. The van der Waals surface area contributed by atoms with Crippen LogP contribution in [-0.4, -0.2) is 48.6 Å². The van der Waals surface area contributed by atoms with Crippen LogP contribution in [0.4, 0.5) is 0 Å². The van der Waals surface area contributed by atoms with Crippen molar-refractivity contribution >= 4 is 11.9 Å². The summed E-state index contributed by atoms with van der Waals surface area (Å²) in [6.07, 6.45) is 9.43. The third kappa shape index (κ3) is 6.54. The largest absolute Gasteiger partial charge is 0.465 e. The second-order valence-corrected chi connectivity index (χ2v) is 8.15. The molecule has 0 aromatic rings. The summed E-state index contributed by atoms with van der Waals surface area (Å²) >= 11 is 0. The molecule has 1 N–H and O–H groups in total. The van der Waals surface area contributed by atoms with E-state index in [9.17, 15) is 14.7 Å². The Morgan fingerprint density at radius 1 is 0.846 bits per heavy atom. The van der Waals surface area contributed by atoms with Gasteiger partial charge in [-0.2, -0.15) is 0 Å². The highest BCUT2D eigenvalue weighted by atomic mass is 16.6. The number of hydrogen-bond donors (Lipinski definition) is 1. The number of ether oxygens (including phenoxy) is 3. The number of fused-ring (bicyclic) bond motifs is 1. The number of carbonyl (C=O) groups is 2. The van der Waals surface area contributed by atoms with Gasteiger partial charge in [-0.1, -0.05) is 6.42 Å². The number of epoxide rings is 1. The van der Waals surface area contributed by atoms with Gasteiger partial charge in [-0.25, -0.2) is 0 Å². The van der Waals surface area contributed by atoms with E-state index in [1.807, 2.05) is 0 Å². The highest BCUT2D eigenvalue weighted by molar-refractivity contribution is 5.70. The zero-order valence-electron chi connectivity index (χ0n) is 15.6. The maximum atomic E-state index is 11.8. The minimum Gasteiger partial charge on any atom is -0.465 e. The van der Waals surface area contributed by atoms with Crippen LogP contribution in [0.2, 0.25) is 0 Å². The lowest BCUT2D eigenvalue weighted by Crippen LogP contribution is -2.24. The van der Waals surface area contributed by atoms with E-state index >= 15 is 0 Å². The zero-order valence-corrected chi connectivity index (χ0v) is 15.6. The number of aliphatic hydroxyl groups is 1. The third-order valence-electron chi connectivity index (χ3n) is 5.84. The Morgan fingerprint density at radius 2 is 1.50 bits per heavy atom. The maximum absolute atomic E-state index is 11.8. The van der Waals surface area contributed by atoms with Gasteiger partial charge in [0.1, 0.15) is 0 Å². The molecule has 2 saturated carbocycles. The van der Waals surface area contributed by atoms with Gasteiger partial charge < -0.3 is 19.3 Å². The van der Waals surface area contributed by atoms with Gasteiger partial charge in [-0.15, -0.1) is 0 Å². The minimum atomic E-state index is -0.245. The number of carbonyl (C=O) groups excluding carboxylic acids is 2. The molecule has 148 valence electrons. The van der Waals surface area contributed by atoms with Crippen molar-refractivity contribution < 1.29 is 28.9 Å². The standard InChI is InChI=1S/C20H32O6/c21-16-5-3-4-14(10-16)12-24-19(22)6-1-2-7-20(23)25-13-15-8-9-17-18(11-15)26-17/h14-18,21H,1-13H2/t14?,15?,16-,17?,18?/m1/s1. The summed E-state index contributed by atoms with van der Waals surface area (Å²) in [5.74, 6) is 0.345. The van der Waals surface area contributed by atoms with Crippen molar-refractivity contribution in [1.29, 1.82) is 0 Å². The lowest BCUT2D eigenvalue weighted by atomic mass is 9.88. The molecule has 1 heterocycles. The summed E-state index contributed by atoms with van der Waals surface area (Å²) in [7, 11) is 0. The van der Waals surface area contributed by atoms with Crippen LogP contribution in [0.3, 0.4) is 0 Å². The van der Waals surface area contributed by atoms with Crippen molar-refractivity contribution in [2.24, 2.45) is 11.8 Å². The van der Waals surface area contributed by atoms with E-state index in [1.165, 1.54) is 0 Å². The van der Waals surface area contributed by atoms with Gasteiger partial charge in [0.25, 0.3) is 0 Å². The van der Waals surface area contributed by atoms with Crippen LogP contribution in [-0.2, 0) is 23.8 Å². The number of hydrogen-bond acceptors (Lipinski definition) is 6. The average molecular weight is 368 g/mol. The summed E-state index contributed by atoms with van der Waals surface area (Å²) < 4.78 is 16.1. The molecule has 0 spiro atoms. The third-order valence-corrected chi connectivity index (χ3v) is 5.84. The van der Waals surface area contributed by atoms with Crippen LogP contribution in [0.25, 0.3) is 0 Å². The van der Waals surface area contributed by atoms with E-state index in [4.69, 9.17) is 14.2 Å². The Balaban J connectivity index is 1.16. The summed E-state index contributed by atoms with van der Waals surface area (Å²) in [4.78, 5) is 23.6. The van der Waals surface area contributed by atoms with Gasteiger partial charge in [0.2, 0.25) is 0 Å². The Labute approximate surface area is 155 Å². The SMILES string of the molecule is O=C(CCCCC(=O)OCC1CCC[C@@H](O)C1)OCC1CCC2OC2C1. The molecule has 0 aromatic carbocycles. The molecule has 4 unspecified atom stereocenters. The topological polar surface area (TPSA) is 85.4 Å². The molecule has 2 aliphatic carbocycles. The summed E-state index contributed by atoms with van der Waals surface area (Å²) in [6.45, 7) is 0.908. The zero-order chi connectivity index (χ0) is 18.4. The van der Waals surface area contributed by atoms with E-state index in [-0.39, 0.29) is 24.0 Å². The fourth-order valence-electron chi connectivity index (χ4n) is 4.16. The first kappa shape index (κ1) is 19.6. The second-order valence-electron chi connectivity index (χ2n) is 8.15. The highest BCUT2D eigenvalue weighted by Crippen LogP contribution is 2.39. The molecule has 0 radical (unpaired) electrons. The first-order chi connectivity index (χ1) is 12.6. The Bertz CT molecular complexity index is 455. The molecule has 3 rings (SSSR count). The van der Waals surface area contributed by atoms with E-state index in [2.05, 4.69) is 0 Å². The van der Waals surface area contributed by atoms with Crippen molar-refractivity contribution in [3.8, 4) is 0 Å². The fourth-order valence-corrected chi connectivity index (χ4v) is 4.16. The van der Waals surface area contributed by atoms with Crippen LogP contribution in [0.5, 0.6) is 0 Å². The molecule has 1 aliphatic heterocycles. The average Bonchev–Trinajstić information content (AvgIpc) is 3.41. The Hall–Kier alpha value is -1.14. The second kappa shape index (κ2) is 9.70. The van der Waals surface area contributed by atoms with Gasteiger partial charge in [0.05, 0.1) is 31.5 Å². The monoisotopic (exact) mass is 368 g/mol. The molecule has 0 aromatic heterocycles. The van der Waals surface area contributed by atoms with Crippen LogP contribution in [0.15, 0.2) is 0 Å². The quantitative estimate of drug-likeness (QED) is 0.383. The summed E-state index contributed by atoms with van der Waals surface area (Å²) in [5.41, 5.74) is 0. The maximum Gasteiger partial charge on any atom is 0.305 e. The van der Waals surface area contributed by atoms with Crippen molar-refractivity contribution in [1.82, 2.24) is 0 Å². The number of esters is 2. The highest BCUT2D eigenvalue weighted by Gasteiger charge is 2.43. The number of unbranched alkanes of at least 4 members (excludes halogenated alkanes) is 1. The first-order valence-electron chi connectivity index (χ1n) is 10.2. The van der Waals surface area contributed by atoms with E-state index in [0.717, 1.165) is 44.9 Å². The molecule has 0 bridgehead atoms. The molecular weight excluding hydrogens is 336 g/mol. The summed E-state index contributed by atoms with van der Waals surface area (Å²) in [5, 5.41) is 9.62. The van der Waals surface area contributed by atoms with Crippen LogP contribution in [0.1, 0.15) is 70.6 Å².